The number of carboxylic acid groups (broad SMARTS) is 1. The highest BCUT2D eigenvalue weighted by molar-refractivity contribution is 7.39. The molecule has 0 aromatic rings. The van der Waals surface area contributed by atoms with Crippen molar-refractivity contribution in [1.82, 2.24) is 0 Å². The van der Waals surface area contributed by atoms with Gasteiger partial charge in [0, 0.05) is 0 Å². The van der Waals surface area contributed by atoms with Gasteiger partial charge >= 0.3 is 14.0 Å². The summed E-state index contributed by atoms with van der Waals surface area (Å²) in [6, 6.07) is 0. The first-order chi connectivity index (χ1) is 4.16. The molecule has 5 heteroatoms. The van der Waals surface area contributed by atoms with Crippen LogP contribution in [0.2, 0.25) is 0 Å². The van der Waals surface area contributed by atoms with Crippen LogP contribution in [0, 0.1) is 0 Å². The van der Waals surface area contributed by atoms with Crippen molar-refractivity contribution in [3.8, 4) is 0 Å². The van der Waals surface area contributed by atoms with E-state index in [1.54, 1.807) is 0 Å². The molecule has 0 saturated heterocycles. The summed E-state index contributed by atoms with van der Waals surface area (Å²) in [5, 5.41) is 8.07. The van der Waals surface area contributed by atoms with E-state index in [1.165, 1.54) is 7.11 Å². The third-order valence-electron chi connectivity index (χ3n) is 0.712. The van der Waals surface area contributed by atoms with Gasteiger partial charge in [0.2, 0.25) is 0 Å². The molecule has 0 amide bonds. The van der Waals surface area contributed by atoms with Gasteiger partial charge in [0.1, 0.15) is 0 Å². The van der Waals surface area contributed by atoms with E-state index in [4.69, 9.17) is 5.11 Å². The van der Waals surface area contributed by atoms with Crippen LogP contribution in [0.25, 0.3) is 0 Å². The molecule has 0 fully saturated rings. The van der Waals surface area contributed by atoms with Crippen molar-refractivity contribution in [2.24, 2.45) is 0 Å². The standard InChI is InChI=1S/C4H7O4P/c1-8-9(7)3-2-4(5)6/h2-3H2,1H3/p+1. The molecular weight excluding hydrogens is 143 g/mol. The second-order valence-corrected chi connectivity index (χ2v) is 2.86. The van der Waals surface area contributed by atoms with E-state index < -0.39 is 14.0 Å². The highest BCUT2D eigenvalue weighted by Gasteiger charge is 2.15. The summed E-state index contributed by atoms with van der Waals surface area (Å²) in [6.45, 7) is 0. The Labute approximate surface area is 53.7 Å². The molecule has 0 aromatic heterocycles. The number of carboxylic acids is 1. The number of hydrogen-bond acceptors (Lipinski definition) is 3. The van der Waals surface area contributed by atoms with Crippen molar-refractivity contribution in [1.29, 1.82) is 0 Å². The molecule has 0 aliphatic heterocycles. The maximum absolute atomic E-state index is 10.4. The van der Waals surface area contributed by atoms with Crippen molar-refractivity contribution < 1.29 is 19.0 Å². The lowest BCUT2D eigenvalue weighted by molar-refractivity contribution is -0.136. The molecule has 52 valence electrons. The predicted molar refractivity (Wildman–Crippen MR) is 31.7 cm³/mol. The maximum atomic E-state index is 10.4. The van der Waals surface area contributed by atoms with E-state index >= 15 is 0 Å². The lowest BCUT2D eigenvalue weighted by Gasteiger charge is -1.80. The van der Waals surface area contributed by atoms with Crippen LogP contribution in [0.3, 0.4) is 0 Å². The first-order valence-electron chi connectivity index (χ1n) is 2.37. The Bertz CT molecular complexity index is 122. The normalized spacial score (nSPS) is 11.0. The summed E-state index contributed by atoms with van der Waals surface area (Å²) in [7, 11) is -0.449. The van der Waals surface area contributed by atoms with Gasteiger partial charge in [-0.2, -0.15) is 0 Å². The monoisotopic (exact) mass is 151 g/mol. The van der Waals surface area contributed by atoms with Crippen molar-refractivity contribution in [2.75, 3.05) is 13.3 Å². The van der Waals surface area contributed by atoms with Crippen LogP contribution in [0.1, 0.15) is 6.42 Å². The maximum Gasteiger partial charge on any atom is 0.508 e. The SMILES string of the molecule is CO[P+](=O)CCC(=O)O. The third kappa shape index (κ3) is 5.40. The number of hydrogen-bond donors (Lipinski definition) is 1. The minimum absolute atomic E-state index is 0.0942. The summed E-state index contributed by atoms with van der Waals surface area (Å²) in [6.07, 6.45) is 0.00418. The van der Waals surface area contributed by atoms with Gasteiger partial charge in [-0.05, 0) is 4.57 Å². The van der Waals surface area contributed by atoms with Gasteiger partial charge in [-0.3, -0.25) is 4.79 Å². The summed E-state index contributed by atoms with van der Waals surface area (Å²) in [5.74, 6) is -0.949. The Morgan fingerprint density at radius 1 is 1.78 bits per heavy atom. The van der Waals surface area contributed by atoms with Crippen LogP contribution in [-0.4, -0.2) is 24.3 Å². The fourth-order valence-corrected chi connectivity index (χ4v) is 0.835. The summed E-state index contributed by atoms with van der Waals surface area (Å²) >= 11 is 0. The molecule has 0 saturated carbocycles. The highest BCUT2D eigenvalue weighted by atomic mass is 31.1. The van der Waals surface area contributed by atoms with Crippen molar-refractivity contribution in [2.45, 2.75) is 6.42 Å². The van der Waals surface area contributed by atoms with E-state index in [-0.39, 0.29) is 12.6 Å². The van der Waals surface area contributed by atoms with Crippen molar-refractivity contribution in [3.05, 3.63) is 0 Å². The van der Waals surface area contributed by atoms with Gasteiger partial charge in [-0.1, -0.05) is 0 Å². The Balaban J connectivity index is 3.28. The smallest absolute Gasteiger partial charge is 0.481 e. The zero-order valence-electron chi connectivity index (χ0n) is 5.03. The largest absolute Gasteiger partial charge is 0.508 e. The Kier molecular flexibility index (Phi) is 4.18. The van der Waals surface area contributed by atoms with Crippen LogP contribution in [0.15, 0.2) is 0 Å². The topological polar surface area (TPSA) is 63.6 Å². The zero-order chi connectivity index (χ0) is 7.28. The molecule has 0 rings (SSSR count). The van der Waals surface area contributed by atoms with Crippen LogP contribution in [-0.2, 0) is 13.9 Å². The predicted octanol–water partition coefficient (Wildman–Crippen LogP) is 0.850. The molecule has 0 spiro atoms. The van der Waals surface area contributed by atoms with Gasteiger partial charge in [-0.25, -0.2) is 0 Å². The number of rotatable bonds is 4. The molecule has 9 heavy (non-hydrogen) atoms. The minimum atomic E-state index is -1.74. The van der Waals surface area contributed by atoms with Gasteiger partial charge < -0.3 is 5.11 Å². The van der Waals surface area contributed by atoms with Crippen LogP contribution < -0.4 is 0 Å². The third-order valence-corrected chi connectivity index (χ3v) is 1.71. The quantitative estimate of drug-likeness (QED) is 0.605. The van der Waals surface area contributed by atoms with Gasteiger partial charge in [0.05, 0.1) is 13.5 Å². The molecule has 0 aromatic carbocycles. The first-order valence-corrected chi connectivity index (χ1v) is 3.73. The van der Waals surface area contributed by atoms with Crippen molar-refractivity contribution >= 4 is 14.0 Å². The molecular formula is C4H8O4P+. The lowest BCUT2D eigenvalue weighted by atomic mass is 10.5. The first kappa shape index (κ1) is 8.53. The Morgan fingerprint density at radius 2 is 2.33 bits per heavy atom. The molecule has 1 N–H and O–H groups in total. The molecule has 0 heterocycles. The summed E-state index contributed by atoms with van der Waals surface area (Å²) in [5.41, 5.74) is 0. The van der Waals surface area contributed by atoms with Crippen LogP contribution in [0.5, 0.6) is 0 Å². The average Bonchev–Trinajstić information content (AvgIpc) is 1.83. The molecule has 0 aliphatic carbocycles. The zero-order valence-corrected chi connectivity index (χ0v) is 5.93. The minimum Gasteiger partial charge on any atom is -0.481 e. The number of aliphatic carboxylic acids is 1. The van der Waals surface area contributed by atoms with E-state index in [0.29, 0.717) is 0 Å². The van der Waals surface area contributed by atoms with Gasteiger partial charge in [-0.15, -0.1) is 4.52 Å². The van der Waals surface area contributed by atoms with Crippen molar-refractivity contribution in [3.63, 3.8) is 0 Å². The molecule has 4 nitrogen and oxygen atoms in total. The molecule has 1 unspecified atom stereocenters. The molecule has 0 radical (unpaired) electrons. The van der Waals surface area contributed by atoms with Crippen LogP contribution in [0.4, 0.5) is 0 Å². The molecule has 1 atom stereocenters. The van der Waals surface area contributed by atoms with E-state index in [2.05, 4.69) is 4.52 Å². The van der Waals surface area contributed by atoms with E-state index in [1.807, 2.05) is 0 Å². The summed E-state index contributed by atoms with van der Waals surface area (Å²) < 4.78 is 14.7. The lowest BCUT2D eigenvalue weighted by Crippen LogP contribution is -1.95. The Hall–Kier alpha value is -0.470. The molecule has 0 aliphatic rings. The Morgan fingerprint density at radius 3 is 2.67 bits per heavy atom. The summed E-state index contributed by atoms with van der Waals surface area (Å²) in [4.78, 5) is 9.84. The van der Waals surface area contributed by atoms with Gasteiger partial charge in [0.15, 0.2) is 6.16 Å². The number of carbonyl (C=O) groups is 1. The average molecular weight is 151 g/mol. The van der Waals surface area contributed by atoms with Crippen LogP contribution >= 0.6 is 8.03 Å². The fraction of sp³-hybridized carbons (Fsp3) is 0.750. The second-order valence-electron chi connectivity index (χ2n) is 1.38. The highest BCUT2D eigenvalue weighted by Crippen LogP contribution is 2.20. The second kappa shape index (κ2) is 4.41. The molecule has 0 bridgehead atoms. The fourth-order valence-electron chi connectivity index (χ4n) is 0.278. The van der Waals surface area contributed by atoms with E-state index in [9.17, 15) is 9.36 Å². The van der Waals surface area contributed by atoms with Gasteiger partial charge in [0.25, 0.3) is 0 Å². The van der Waals surface area contributed by atoms with E-state index in [0.717, 1.165) is 0 Å².